The molecule has 20 heavy (non-hydrogen) atoms. The van der Waals surface area contributed by atoms with E-state index in [4.69, 9.17) is 5.73 Å². The lowest BCUT2D eigenvalue weighted by Crippen LogP contribution is -2.41. The Hall–Kier alpha value is -0.910. The molecule has 0 radical (unpaired) electrons. The van der Waals surface area contributed by atoms with Gasteiger partial charge < -0.3 is 10.6 Å². The van der Waals surface area contributed by atoms with E-state index >= 15 is 0 Å². The van der Waals surface area contributed by atoms with Crippen LogP contribution in [0.3, 0.4) is 0 Å². The Morgan fingerprint density at radius 3 is 2.25 bits per heavy atom. The minimum absolute atomic E-state index is 0.0205. The predicted octanol–water partition coefficient (Wildman–Crippen LogP) is 1.42. The maximum absolute atomic E-state index is 11.4. The summed E-state index contributed by atoms with van der Waals surface area (Å²) in [5.41, 5.74) is 9.90. The third-order valence-electron chi connectivity index (χ3n) is 3.87. The zero-order valence-electron chi connectivity index (χ0n) is 12.3. The quantitative estimate of drug-likeness (QED) is 0.913. The van der Waals surface area contributed by atoms with Crippen LogP contribution in [0.5, 0.6) is 0 Å². The van der Waals surface area contributed by atoms with Crippen LogP contribution in [0.25, 0.3) is 0 Å². The first-order valence-electron chi connectivity index (χ1n) is 7.12. The molecule has 0 saturated carbocycles. The van der Waals surface area contributed by atoms with E-state index < -0.39 is 9.84 Å². The molecule has 112 valence electrons. The van der Waals surface area contributed by atoms with Crippen molar-refractivity contribution in [2.24, 2.45) is 5.73 Å². The van der Waals surface area contributed by atoms with Gasteiger partial charge in [-0.05, 0) is 25.8 Å². The first kappa shape index (κ1) is 15.5. The fourth-order valence-electron chi connectivity index (χ4n) is 2.69. The van der Waals surface area contributed by atoms with Gasteiger partial charge in [-0.15, -0.1) is 0 Å². The van der Waals surface area contributed by atoms with Crippen LogP contribution in [-0.4, -0.2) is 44.5 Å². The maximum atomic E-state index is 11.4. The normalized spacial score (nSPS) is 20.8. The molecule has 1 aromatic rings. The fourth-order valence-corrected chi connectivity index (χ4v) is 3.96. The molecular formula is C15H24N2O2S. The minimum atomic E-state index is -2.79. The molecule has 2 N–H and O–H groups in total. The number of rotatable bonds is 4. The third kappa shape index (κ3) is 4.30. The molecule has 0 amide bonds. The van der Waals surface area contributed by atoms with Crippen LogP contribution < -0.4 is 5.73 Å². The van der Waals surface area contributed by atoms with E-state index in [2.05, 4.69) is 36.9 Å². The smallest absolute Gasteiger partial charge is 0.152 e. The lowest BCUT2D eigenvalue weighted by molar-refractivity contribution is 0.283. The van der Waals surface area contributed by atoms with Crippen molar-refractivity contribution in [2.45, 2.75) is 26.3 Å². The van der Waals surface area contributed by atoms with Crippen molar-refractivity contribution in [3.05, 3.63) is 34.9 Å². The molecule has 1 aliphatic rings. The zero-order chi connectivity index (χ0) is 14.8. The van der Waals surface area contributed by atoms with Crippen LogP contribution in [-0.2, 0) is 9.84 Å². The van der Waals surface area contributed by atoms with Gasteiger partial charge in [0.1, 0.15) is 0 Å². The van der Waals surface area contributed by atoms with Crippen LogP contribution in [0.4, 0.5) is 0 Å². The highest BCUT2D eigenvalue weighted by molar-refractivity contribution is 7.91. The molecule has 1 atom stereocenters. The highest BCUT2D eigenvalue weighted by atomic mass is 32.2. The summed E-state index contributed by atoms with van der Waals surface area (Å²) >= 11 is 0. The summed E-state index contributed by atoms with van der Waals surface area (Å²) in [5, 5.41) is 0. The molecule has 0 aliphatic carbocycles. The Balaban J connectivity index is 1.88. The van der Waals surface area contributed by atoms with Crippen molar-refractivity contribution >= 4 is 9.84 Å². The Kier molecular flexibility index (Phi) is 4.83. The molecule has 1 heterocycles. The van der Waals surface area contributed by atoms with Gasteiger partial charge in [0, 0.05) is 25.7 Å². The molecule has 1 unspecified atom stereocenters. The van der Waals surface area contributed by atoms with Crippen LogP contribution >= 0.6 is 0 Å². The van der Waals surface area contributed by atoms with Crippen LogP contribution in [0, 0.1) is 13.8 Å². The Morgan fingerprint density at radius 2 is 1.70 bits per heavy atom. The van der Waals surface area contributed by atoms with Crippen molar-refractivity contribution in [1.29, 1.82) is 0 Å². The summed E-state index contributed by atoms with van der Waals surface area (Å²) in [7, 11) is -2.79. The van der Waals surface area contributed by atoms with Crippen molar-refractivity contribution in [1.82, 2.24) is 4.90 Å². The minimum Gasteiger partial charge on any atom is -0.324 e. The number of hydrogen-bond acceptors (Lipinski definition) is 4. The van der Waals surface area contributed by atoms with Gasteiger partial charge >= 0.3 is 0 Å². The molecule has 0 spiro atoms. The van der Waals surface area contributed by atoms with Gasteiger partial charge in [0.2, 0.25) is 0 Å². The van der Waals surface area contributed by atoms with Crippen molar-refractivity contribution < 1.29 is 8.42 Å². The summed E-state index contributed by atoms with van der Waals surface area (Å²) in [4.78, 5) is 2.20. The molecule has 0 aromatic heterocycles. The lowest BCUT2D eigenvalue weighted by Gasteiger charge is -2.27. The van der Waals surface area contributed by atoms with Gasteiger partial charge in [-0.3, -0.25) is 0 Å². The number of nitrogens with zero attached hydrogens (tertiary/aromatic N) is 1. The summed E-state index contributed by atoms with van der Waals surface area (Å²) in [6.07, 6.45) is 0.864. The number of benzene rings is 1. The van der Waals surface area contributed by atoms with E-state index in [-0.39, 0.29) is 17.5 Å². The van der Waals surface area contributed by atoms with Crippen molar-refractivity contribution in [3.8, 4) is 0 Å². The Labute approximate surface area is 121 Å². The highest BCUT2D eigenvalue weighted by Gasteiger charge is 2.21. The monoisotopic (exact) mass is 296 g/mol. The first-order chi connectivity index (χ1) is 9.35. The van der Waals surface area contributed by atoms with Gasteiger partial charge in [0.15, 0.2) is 9.84 Å². The topological polar surface area (TPSA) is 63.4 Å². The third-order valence-corrected chi connectivity index (χ3v) is 5.47. The second-order valence-corrected chi connectivity index (χ2v) is 8.11. The zero-order valence-corrected chi connectivity index (χ0v) is 13.1. The molecule has 0 bridgehead atoms. The number of aryl methyl sites for hydroxylation is 2. The van der Waals surface area contributed by atoms with E-state index in [1.54, 1.807) is 0 Å². The van der Waals surface area contributed by atoms with Gasteiger partial charge in [0.25, 0.3) is 0 Å². The SMILES string of the molecule is Cc1cc(C)cc(C(N)CCN2CCS(=O)(=O)CC2)c1. The van der Waals surface area contributed by atoms with E-state index in [9.17, 15) is 8.42 Å². The standard InChI is InChI=1S/C15H24N2O2S/c1-12-9-13(2)11-14(10-12)15(16)3-4-17-5-7-20(18,19)8-6-17/h9-11,15H,3-8,16H2,1-2H3. The maximum Gasteiger partial charge on any atom is 0.152 e. The fraction of sp³-hybridized carbons (Fsp3) is 0.600. The summed E-state index contributed by atoms with van der Waals surface area (Å²) in [6, 6.07) is 6.44. The number of sulfone groups is 1. The van der Waals surface area contributed by atoms with E-state index in [0.717, 1.165) is 13.0 Å². The van der Waals surface area contributed by atoms with E-state index in [1.165, 1.54) is 16.7 Å². The molecule has 4 nitrogen and oxygen atoms in total. The van der Waals surface area contributed by atoms with Gasteiger partial charge in [-0.25, -0.2) is 8.42 Å². The molecular weight excluding hydrogens is 272 g/mol. The van der Waals surface area contributed by atoms with Gasteiger partial charge in [0.05, 0.1) is 11.5 Å². The molecule has 1 fully saturated rings. The first-order valence-corrected chi connectivity index (χ1v) is 8.94. The molecule has 1 aromatic carbocycles. The number of hydrogen-bond donors (Lipinski definition) is 1. The highest BCUT2D eigenvalue weighted by Crippen LogP contribution is 2.18. The van der Waals surface area contributed by atoms with Crippen molar-refractivity contribution in [3.63, 3.8) is 0 Å². The van der Waals surface area contributed by atoms with Crippen LogP contribution in [0.15, 0.2) is 18.2 Å². The van der Waals surface area contributed by atoms with Gasteiger partial charge in [-0.2, -0.15) is 0 Å². The average Bonchev–Trinajstić information content (AvgIpc) is 2.36. The lowest BCUT2D eigenvalue weighted by atomic mass is 9.99. The largest absolute Gasteiger partial charge is 0.324 e. The van der Waals surface area contributed by atoms with Crippen LogP contribution in [0.2, 0.25) is 0 Å². The summed E-state index contributed by atoms with van der Waals surface area (Å²) < 4.78 is 22.8. The van der Waals surface area contributed by atoms with Crippen LogP contribution in [0.1, 0.15) is 29.2 Å². The summed E-state index contributed by atoms with van der Waals surface area (Å²) in [6.45, 7) is 6.31. The Morgan fingerprint density at radius 1 is 1.15 bits per heavy atom. The average molecular weight is 296 g/mol. The van der Waals surface area contributed by atoms with E-state index in [0.29, 0.717) is 13.1 Å². The second kappa shape index (κ2) is 6.24. The second-order valence-electron chi connectivity index (χ2n) is 5.81. The van der Waals surface area contributed by atoms with Crippen molar-refractivity contribution in [2.75, 3.05) is 31.1 Å². The molecule has 2 rings (SSSR count). The summed E-state index contributed by atoms with van der Waals surface area (Å²) in [5.74, 6) is 0.567. The molecule has 5 heteroatoms. The molecule has 1 saturated heterocycles. The Bertz CT molecular complexity index is 535. The molecule has 1 aliphatic heterocycles. The van der Waals surface area contributed by atoms with Gasteiger partial charge in [-0.1, -0.05) is 29.3 Å². The predicted molar refractivity (Wildman–Crippen MR) is 82.6 cm³/mol. The number of nitrogens with two attached hydrogens (primary N) is 1. The van der Waals surface area contributed by atoms with E-state index in [1.807, 2.05) is 0 Å².